The van der Waals surface area contributed by atoms with Crippen LogP contribution in [0.15, 0.2) is 46.8 Å². The second-order valence-electron chi connectivity index (χ2n) is 6.65. The summed E-state index contributed by atoms with van der Waals surface area (Å²) in [6.07, 6.45) is 10.3. The van der Waals surface area contributed by atoms with Crippen LogP contribution in [0.4, 0.5) is 0 Å². The molecule has 4 heteroatoms. The van der Waals surface area contributed by atoms with Gasteiger partial charge in [-0.1, -0.05) is 62.4 Å². The van der Waals surface area contributed by atoms with Gasteiger partial charge < -0.3 is 0 Å². The number of thiophene rings is 1. The van der Waals surface area contributed by atoms with Crippen LogP contribution in [0.3, 0.4) is 0 Å². The molecular formula is C20H22N2OS. The summed E-state index contributed by atoms with van der Waals surface area (Å²) in [6, 6.07) is 10.5. The Morgan fingerprint density at radius 1 is 1.00 bits per heavy atom. The molecule has 24 heavy (non-hydrogen) atoms. The fourth-order valence-electron chi connectivity index (χ4n) is 3.72. The Bertz CT molecular complexity index is 874. The van der Waals surface area contributed by atoms with E-state index in [2.05, 4.69) is 22.5 Å². The first kappa shape index (κ1) is 15.6. The molecule has 1 fully saturated rings. The van der Waals surface area contributed by atoms with E-state index < -0.39 is 0 Å². The molecule has 124 valence electrons. The Kier molecular flexibility index (Phi) is 4.48. The molecule has 1 aliphatic carbocycles. The predicted molar refractivity (Wildman–Crippen MR) is 101 cm³/mol. The SMILES string of the molecule is O=c1c2scc(-c3ccccc3)c2ncn1C1CCCCCCC1. The van der Waals surface area contributed by atoms with E-state index in [1.54, 1.807) is 6.33 Å². The van der Waals surface area contributed by atoms with E-state index in [0.717, 1.165) is 34.2 Å². The van der Waals surface area contributed by atoms with Crippen LogP contribution in [0, 0.1) is 0 Å². The summed E-state index contributed by atoms with van der Waals surface area (Å²) in [4.78, 5) is 17.7. The Balaban J connectivity index is 1.75. The lowest BCUT2D eigenvalue weighted by molar-refractivity contribution is 0.364. The number of hydrogen-bond acceptors (Lipinski definition) is 3. The molecule has 1 aromatic carbocycles. The van der Waals surface area contributed by atoms with Gasteiger partial charge in [-0.3, -0.25) is 9.36 Å². The number of fused-ring (bicyclic) bond motifs is 1. The molecule has 1 aliphatic rings. The fourth-order valence-corrected chi connectivity index (χ4v) is 4.68. The molecule has 2 heterocycles. The number of nitrogens with zero attached hydrogens (tertiary/aromatic N) is 2. The molecule has 0 saturated heterocycles. The van der Waals surface area contributed by atoms with Gasteiger partial charge in [0, 0.05) is 17.0 Å². The second kappa shape index (κ2) is 6.89. The zero-order valence-corrected chi connectivity index (χ0v) is 14.6. The molecule has 0 unspecified atom stereocenters. The number of aromatic nitrogens is 2. The Labute approximate surface area is 146 Å². The average molecular weight is 338 g/mol. The van der Waals surface area contributed by atoms with Crippen molar-refractivity contribution in [2.45, 2.75) is 51.0 Å². The Morgan fingerprint density at radius 3 is 2.46 bits per heavy atom. The maximum Gasteiger partial charge on any atom is 0.271 e. The minimum absolute atomic E-state index is 0.137. The summed E-state index contributed by atoms with van der Waals surface area (Å²) in [6.45, 7) is 0. The molecule has 0 bridgehead atoms. The van der Waals surface area contributed by atoms with Crippen molar-refractivity contribution in [3.63, 3.8) is 0 Å². The molecule has 0 amide bonds. The third-order valence-electron chi connectivity index (χ3n) is 5.06. The molecule has 4 rings (SSSR count). The summed E-state index contributed by atoms with van der Waals surface area (Å²) < 4.78 is 2.69. The molecule has 0 spiro atoms. The summed E-state index contributed by atoms with van der Waals surface area (Å²) in [5.41, 5.74) is 3.17. The van der Waals surface area contributed by atoms with E-state index >= 15 is 0 Å². The molecule has 0 radical (unpaired) electrons. The number of hydrogen-bond donors (Lipinski definition) is 0. The van der Waals surface area contributed by atoms with E-state index in [1.165, 1.54) is 43.4 Å². The summed E-state index contributed by atoms with van der Waals surface area (Å²) in [7, 11) is 0. The lowest BCUT2D eigenvalue weighted by atomic mass is 9.96. The highest BCUT2D eigenvalue weighted by molar-refractivity contribution is 7.17. The lowest BCUT2D eigenvalue weighted by Gasteiger charge is -2.21. The first-order chi connectivity index (χ1) is 11.8. The van der Waals surface area contributed by atoms with Crippen LogP contribution < -0.4 is 5.56 Å². The van der Waals surface area contributed by atoms with Crippen LogP contribution in [0.25, 0.3) is 21.3 Å². The van der Waals surface area contributed by atoms with Crippen molar-refractivity contribution in [3.8, 4) is 11.1 Å². The van der Waals surface area contributed by atoms with Crippen molar-refractivity contribution in [1.29, 1.82) is 0 Å². The normalized spacial score (nSPS) is 16.8. The molecule has 2 aromatic heterocycles. The van der Waals surface area contributed by atoms with Crippen LogP contribution in [0.1, 0.15) is 51.0 Å². The lowest BCUT2D eigenvalue weighted by Crippen LogP contribution is -2.25. The quantitative estimate of drug-likeness (QED) is 0.626. The van der Waals surface area contributed by atoms with Gasteiger partial charge in [0.05, 0.1) is 11.8 Å². The van der Waals surface area contributed by atoms with E-state index in [-0.39, 0.29) is 5.56 Å². The highest BCUT2D eigenvalue weighted by Gasteiger charge is 2.18. The van der Waals surface area contributed by atoms with Crippen molar-refractivity contribution < 1.29 is 0 Å². The van der Waals surface area contributed by atoms with Gasteiger partial charge in [-0.05, 0) is 18.4 Å². The van der Waals surface area contributed by atoms with Crippen molar-refractivity contribution in [1.82, 2.24) is 9.55 Å². The van der Waals surface area contributed by atoms with Crippen LogP contribution in [-0.2, 0) is 0 Å². The molecule has 0 N–H and O–H groups in total. The number of rotatable bonds is 2. The van der Waals surface area contributed by atoms with Crippen LogP contribution >= 0.6 is 11.3 Å². The van der Waals surface area contributed by atoms with Crippen LogP contribution in [-0.4, -0.2) is 9.55 Å². The molecule has 0 aliphatic heterocycles. The van der Waals surface area contributed by atoms with Gasteiger partial charge in [-0.15, -0.1) is 11.3 Å². The molecular weight excluding hydrogens is 316 g/mol. The molecule has 0 atom stereocenters. The van der Waals surface area contributed by atoms with Gasteiger partial charge in [0.1, 0.15) is 4.70 Å². The third kappa shape index (κ3) is 2.91. The maximum atomic E-state index is 13.0. The van der Waals surface area contributed by atoms with Crippen molar-refractivity contribution in [2.75, 3.05) is 0 Å². The average Bonchev–Trinajstić information content (AvgIpc) is 3.01. The highest BCUT2D eigenvalue weighted by Crippen LogP contribution is 2.31. The monoisotopic (exact) mass is 338 g/mol. The highest BCUT2D eigenvalue weighted by atomic mass is 32.1. The fraction of sp³-hybridized carbons (Fsp3) is 0.400. The number of benzene rings is 1. The minimum Gasteiger partial charge on any atom is -0.295 e. The van der Waals surface area contributed by atoms with Crippen LogP contribution in [0.2, 0.25) is 0 Å². The third-order valence-corrected chi connectivity index (χ3v) is 6.01. The van der Waals surface area contributed by atoms with Gasteiger partial charge in [0.15, 0.2) is 0 Å². The minimum atomic E-state index is 0.137. The largest absolute Gasteiger partial charge is 0.295 e. The van der Waals surface area contributed by atoms with E-state index in [9.17, 15) is 4.79 Å². The van der Waals surface area contributed by atoms with Gasteiger partial charge in [0.25, 0.3) is 5.56 Å². The van der Waals surface area contributed by atoms with Crippen molar-refractivity contribution >= 4 is 21.6 Å². The van der Waals surface area contributed by atoms with Crippen molar-refractivity contribution in [2.24, 2.45) is 0 Å². The zero-order chi connectivity index (χ0) is 16.4. The van der Waals surface area contributed by atoms with E-state index in [4.69, 9.17) is 0 Å². The predicted octanol–water partition coefficient (Wildman–Crippen LogP) is 5.41. The first-order valence-corrected chi connectivity index (χ1v) is 9.76. The Morgan fingerprint density at radius 2 is 1.71 bits per heavy atom. The smallest absolute Gasteiger partial charge is 0.271 e. The molecule has 3 nitrogen and oxygen atoms in total. The zero-order valence-electron chi connectivity index (χ0n) is 13.8. The topological polar surface area (TPSA) is 34.9 Å². The van der Waals surface area contributed by atoms with Gasteiger partial charge in [0.2, 0.25) is 0 Å². The second-order valence-corrected chi connectivity index (χ2v) is 7.53. The van der Waals surface area contributed by atoms with Gasteiger partial charge in [-0.2, -0.15) is 0 Å². The summed E-state index contributed by atoms with van der Waals surface area (Å²) >= 11 is 1.53. The summed E-state index contributed by atoms with van der Waals surface area (Å²) in [5, 5.41) is 2.07. The molecule has 3 aromatic rings. The van der Waals surface area contributed by atoms with E-state index in [0.29, 0.717) is 6.04 Å². The van der Waals surface area contributed by atoms with Gasteiger partial charge in [-0.25, -0.2) is 4.98 Å². The van der Waals surface area contributed by atoms with Crippen molar-refractivity contribution in [3.05, 3.63) is 52.4 Å². The summed E-state index contributed by atoms with van der Waals surface area (Å²) in [5.74, 6) is 0. The first-order valence-electron chi connectivity index (χ1n) is 8.88. The Hall–Kier alpha value is -1.94. The maximum absolute atomic E-state index is 13.0. The van der Waals surface area contributed by atoms with Gasteiger partial charge >= 0.3 is 0 Å². The standard InChI is InChI=1S/C20H22N2OS/c23-20-19-18(17(13-24-19)15-9-5-4-6-10-15)21-14-22(20)16-11-7-2-1-3-8-12-16/h4-6,9-10,13-14,16H,1-3,7-8,11-12H2. The van der Waals surface area contributed by atoms with E-state index in [1.807, 2.05) is 22.8 Å². The molecule has 1 saturated carbocycles. The van der Waals surface area contributed by atoms with Crippen LogP contribution in [0.5, 0.6) is 0 Å².